The molecular formula is C25H29N2+. The molecule has 0 saturated carbocycles. The Morgan fingerprint density at radius 2 is 1.85 bits per heavy atom. The smallest absolute Gasteiger partial charge is 0.213 e. The number of aromatic nitrogens is 2. The number of hydrogen-bond acceptors (Lipinski definition) is 1. The van der Waals surface area contributed by atoms with Crippen molar-refractivity contribution in [2.75, 3.05) is 0 Å². The maximum absolute atomic E-state index is 8.58. The molecule has 1 atom stereocenters. The number of nitrogens with zero attached hydrogens (tertiary/aromatic N) is 2. The quantitative estimate of drug-likeness (QED) is 0.541. The number of benzene rings is 1. The fraction of sp³-hybridized carbons (Fsp3) is 0.360. The van der Waals surface area contributed by atoms with E-state index in [9.17, 15) is 0 Å². The Morgan fingerprint density at radius 3 is 2.59 bits per heavy atom. The summed E-state index contributed by atoms with van der Waals surface area (Å²) < 4.78 is 34.2. The molecule has 2 heteroatoms. The molecule has 0 radical (unpaired) electrons. The number of aryl methyl sites for hydroxylation is 3. The van der Waals surface area contributed by atoms with Gasteiger partial charge >= 0.3 is 0 Å². The zero-order chi connectivity index (χ0) is 22.9. The van der Waals surface area contributed by atoms with Gasteiger partial charge in [-0.05, 0) is 48.1 Å². The molecule has 0 bridgehead atoms. The third-order valence-corrected chi connectivity index (χ3v) is 5.79. The van der Waals surface area contributed by atoms with E-state index in [4.69, 9.17) is 10.5 Å². The van der Waals surface area contributed by atoms with E-state index in [1.54, 1.807) is 6.07 Å². The lowest BCUT2D eigenvalue weighted by atomic mass is 9.79. The van der Waals surface area contributed by atoms with Crippen molar-refractivity contribution in [1.82, 2.24) is 4.98 Å². The van der Waals surface area contributed by atoms with Crippen LogP contribution in [0.4, 0.5) is 0 Å². The Morgan fingerprint density at radius 1 is 1.11 bits per heavy atom. The molecule has 1 aliphatic carbocycles. The predicted molar refractivity (Wildman–Crippen MR) is 112 cm³/mol. The first-order valence-corrected chi connectivity index (χ1v) is 9.40. The zero-order valence-electron chi connectivity index (χ0n) is 20.9. The minimum atomic E-state index is -2.42. The Kier molecular flexibility index (Phi) is 3.04. The fourth-order valence-electron chi connectivity index (χ4n) is 4.33. The normalized spacial score (nSPS) is 19.2. The maximum Gasteiger partial charge on any atom is 0.213 e. The molecule has 2 heterocycles. The van der Waals surface area contributed by atoms with E-state index in [0.717, 1.165) is 33.8 Å². The molecule has 4 rings (SSSR count). The summed E-state index contributed by atoms with van der Waals surface area (Å²) in [6.45, 7) is 7.55. The zero-order valence-corrected chi connectivity index (χ0v) is 16.9. The standard InChI is InChI=1S/C25H29N2/c1-15(2)18-12-13-27(7)21(14-18)22-16(3)8-10-19-20-11-9-17(4)26-24(20)25(5,6)23(19)22/h8-15H,1-7H3/q+1/i1D3,15D. The van der Waals surface area contributed by atoms with Gasteiger partial charge in [-0.3, -0.25) is 4.98 Å². The Bertz CT molecular complexity index is 1210. The monoisotopic (exact) mass is 361 g/mol. The van der Waals surface area contributed by atoms with Crippen LogP contribution in [0.15, 0.2) is 42.6 Å². The summed E-state index contributed by atoms with van der Waals surface area (Å²) in [5.74, 6) is -1.70. The van der Waals surface area contributed by atoms with Crippen LogP contribution in [0.1, 0.15) is 67.1 Å². The molecule has 1 aromatic carbocycles. The van der Waals surface area contributed by atoms with Gasteiger partial charge in [0, 0.05) is 34.3 Å². The summed E-state index contributed by atoms with van der Waals surface area (Å²) in [4.78, 5) is 4.89. The molecular weight excluding hydrogens is 328 g/mol. The number of hydrogen-bond donors (Lipinski definition) is 0. The highest BCUT2D eigenvalue weighted by atomic mass is 14.9. The highest BCUT2D eigenvalue weighted by Crippen LogP contribution is 2.51. The SMILES string of the molecule is [2H]C([2H])([2H])C([2H])(C)c1cc[n+](C)c(-c2c(C)ccc3c2C(C)(C)c2nc(C)ccc2-3)c1. The van der Waals surface area contributed by atoms with E-state index >= 15 is 0 Å². The largest absolute Gasteiger partial charge is 0.257 e. The van der Waals surface area contributed by atoms with Crippen LogP contribution < -0.4 is 4.57 Å². The molecule has 0 saturated heterocycles. The summed E-state index contributed by atoms with van der Waals surface area (Å²) in [6, 6.07) is 12.1. The molecule has 138 valence electrons. The Labute approximate surface area is 168 Å². The lowest BCUT2D eigenvalue weighted by molar-refractivity contribution is -0.660. The molecule has 2 aromatic heterocycles. The van der Waals surface area contributed by atoms with Crippen molar-refractivity contribution in [3.8, 4) is 22.4 Å². The van der Waals surface area contributed by atoms with Gasteiger partial charge in [0.05, 0.1) is 11.3 Å². The van der Waals surface area contributed by atoms with Gasteiger partial charge in [-0.25, -0.2) is 4.57 Å². The van der Waals surface area contributed by atoms with E-state index in [-0.39, 0.29) is 5.41 Å². The van der Waals surface area contributed by atoms with E-state index < -0.39 is 12.7 Å². The van der Waals surface area contributed by atoms with Crippen LogP contribution in [0.25, 0.3) is 22.4 Å². The summed E-state index contributed by atoms with van der Waals surface area (Å²) in [6.07, 6.45) is 1.86. The van der Waals surface area contributed by atoms with Gasteiger partial charge in [-0.15, -0.1) is 0 Å². The maximum atomic E-state index is 8.58. The van der Waals surface area contributed by atoms with Crippen molar-refractivity contribution < 1.29 is 10.1 Å². The van der Waals surface area contributed by atoms with Crippen molar-refractivity contribution in [2.45, 2.75) is 52.8 Å². The first-order chi connectivity index (χ1) is 14.3. The highest BCUT2D eigenvalue weighted by molar-refractivity contribution is 5.87. The minimum Gasteiger partial charge on any atom is -0.257 e. The van der Waals surface area contributed by atoms with Gasteiger partial charge in [-0.2, -0.15) is 0 Å². The van der Waals surface area contributed by atoms with E-state index in [1.807, 2.05) is 36.9 Å². The van der Waals surface area contributed by atoms with Gasteiger partial charge in [0.1, 0.15) is 7.05 Å². The second-order valence-corrected chi connectivity index (χ2v) is 8.19. The third-order valence-electron chi connectivity index (χ3n) is 5.79. The van der Waals surface area contributed by atoms with Gasteiger partial charge in [0.15, 0.2) is 6.20 Å². The molecule has 0 spiro atoms. The van der Waals surface area contributed by atoms with Crippen molar-refractivity contribution >= 4 is 0 Å². The second kappa shape index (κ2) is 6.02. The molecule has 0 N–H and O–H groups in total. The van der Waals surface area contributed by atoms with Crippen molar-refractivity contribution in [3.05, 3.63) is 70.7 Å². The Hall–Kier alpha value is -2.48. The topological polar surface area (TPSA) is 16.8 Å². The van der Waals surface area contributed by atoms with Gasteiger partial charge < -0.3 is 0 Å². The lowest BCUT2D eigenvalue weighted by Gasteiger charge is -2.24. The number of fused-ring (bicyclic) bond motifs is 3. The second-order valence-electron chi connectivity index (χ2n) is 8.19. The first kappa shape index (κ1) is 13.7. The average Bonchev–Trinajstić information content (AvgIpc) is 2.88. The summed E-state index contributed by atoms with van der Waals surface area (Å²) in [7, 11) is 1.96. The molecule has 0 amide bonds. The predicted octanol–water partition coefficient (Wildman–Crippen LogP) is 5.62. The molecule has 1 aliphatic rings. The summed E-state index contributed by atoms with van der Waals surface area (Å²) in [5.41, 5.74) is 8.89. The molecule has 0 fully saturated rings. The Balaban J connectivity index is 2.02. The minimum absolute atomic E-state index is 0.296. The fourth-order valence-corrected chi connectivity index (χ4v) is 4.33. The van der Waals surface area contributed by atoms with Crippen LogP contribution in [0.5, 0.6) is 0 Å². The summed E-state index contributed by atoms with van der Waals surface area (Å²) in [5, 5.41) is 0. The van der Waals surface area contributed by atoms with Crippen LogP contribution in [-0.2, 0) is 12.5 Å². The number of pyridine rings is 2. The van der Waals surface area contributed by atoms with Crippen molar-refractivity contribution in [1.29, 1.82) is 0 Å². The van der Waals surface area contributed by atoms with E-state index in [0.29, 0.717) is 5.56 Å². The molecule has 1 unspecified atom stereocenters. The highest BCUT2D eigenvalue weighted by Gasteiger charge is 2.41. The summed E-state index contributed by atoms with van der Waals surface area (Å²) >= 11 is 0. The van der Waals surface area contributed by atoms with E-state index in [2.05, 4.69) is 39.0 Å². The first-order valence-electron chi connectivity index (χ1n) is 11.4. The molecule has 27 heavy (non-hydrogen) atoms. The van der Waals surface area contributed by atoms with Crippen molar-refractivity contribution in [2.24, 2.45) is 7.05 Å². The molecule has 2 nitrogen and oxygen atoms in total. The number of rotatable bonds is 2. The van der Waals surface area contributed by atoms with Gasteiger partial charge in [0.25, 0.3) is 0 Å². The van der Waals surface area contributed by atoms with Crippen LogP contribution >= 0.6 is 0 Å². The lowest BCUT2D eigenvalue weighted by Crippen LogP contribution is -2.32. The van der Waals surface area contributed by atoms with Crippen LogP contribution in [0.3, 0.4) is 0 Å². The molecule has 0 aliphatic heterocycles. The van der Waals surface area contributed by atoms with E-state index in [1.165, 1.54) is 18.1 Å². The van der Waals surface area contributed by atoms with Crippen LogP contribution in [0, 0.1) is 13.8 Å². The third kappa shape index (κ3) is 2.62. The van der Waals surface area contributed by atoms with Crippen LogP contribution in [-0.4, -0.2) is 4.98 Å². The average molecular weight is 362 g/mol. The van der Waals surface area contributed by atoms with Crippen LogP contribution in [0.2, 0.25) is 0 Å². The molecule has 3 aromatic rings. The van der Waals surface area contributed by atoms with Crippen molar-refractivity contribution in [3.63, 3.8) is 0 Å². The van der Waals surface area contributed by atoms with Gasteiger partial charge in [0.2, 0.25) is 5.69 Å². The van der Waals surface area contributed by atoms with Gasteiger partial charge in [-0.1, -0.05) is 45.8 Å².